The van der Waals surface area contributed by atoms with Crippen LogP contribution in [0.15, 0.2) is 6.07 Å². The molecule has 1 heterocycles. The maximum absolute atomic E-state index is 11.1. The fourth-order valence-electron chi connectivity index (χ4n) is 1.39. The number of hydrogen-bond donors (Lipinski definition) is 1. The molecule has 0 spiro atoms. The molecule has 0 saturated heterocycles. The number of aryl methyl sites for hydroxylation is 1. The summed E-state index contributed by atoms with van der Waals surface area (Å²) in [4.78, 5) is 14.2. The summed E-state index contributed by atoms with van der Waals surface area (Å²) in [6.45, 7) is 6.15. The summed E-state index contributed by atoms with van der Waals surface area (Å²) in [5.74, 6) is 0.115. The monoisotopic (exact) mass is 181 g/mol. The molecule has 72 valence electrons. The number of carbonyl (C=O) groups is 1. The van der Waals surface area contributed by atoms with Gasteiger partial charge in [0.15, 0.2) is 0 Å². The number of H-pyrrole nitrogens is 1. The Morgan fingerprint density at radius 1 is 1.54 bits per heavy atom. The molecule has 0 unspecified atom stereocenters. The van der Waals surface area contributed by atoms with Gasteiger partial charge < -0.3 is 9.72 Å². The first-order valence-electron chi connectivity index (χ1n) is 4.34. The largest absolute Gasteiger partial charge is 0.464 e. The highest BCUT2D eigenvalue weighted by Gasteiger charge is 2.13. The number of carbonyl (C=O) groups excluding carboxylic acids is 1. The Morgan fingerprint density at radius 2 is 2.15 bits per heavy atom. The summed E-state index contributed by atoms with van der Waals surface area (Å²) >= 11 is 0. The molecule has 0 aliphatic rings. The number of rotatable bonds is 2. The van der Waals surface area contributed by atoms with Gasteiger partial charge in [-0.05, 0) is 24.5 Å². The third kappa shape index (κ3) is 1.91. The zero-order valence-corrected chi connectivity index (χ0v) is 8.47. The molecule has 0 atom stereocenters. The summed E-state index contributed by atoms with van der Waals surface area (Å²) in [7, 11) is 1.38. The molecule has 0 saturated carbocycles. The van der Waals surface area contributed by atoms with E-state index in [0.29, 0.717) is 11.6 Å². The van der Waals surface area contributed by atoms with Crippen LogP contribution < -0.4 is 0 Å². The number of hydrogen-bond acceptors (Lipinski definition) is 2. The van der Waals surface area contributed by atoms with Crippen molar-refractivity contribution in [3.8, 4) is 0 Å². The van der Waals surface area contributed by atoms with Crippen molar-refractivity contribution >= 4 is 5.97 Å². The Kier molecular flexibility index (Phi) is 2.76. The highest BCUT2D eigenvalue weighted by molar-refractivity contribution is 5.87. The van der Waals surface area contributed by atoms with Crippen molar-refractivity contribution in [3.63, 3.8) is 0 Å². The van der Waals surface area contributed by atoms with Crippen LogP contribution in [0.25, 0.3) is 0 Å². The van der Waals surface area contributed by atoms with Crippen molar-refractivity contribution in [1.29, 1.82) is 0 Å². The van der Waals surface area contributed by atoms with Crippen molar-refractivity contribution in [2.75, 3.05) is 7.11 Å². The van der Waals surface area contributed by atoms with Gasteiger partial charge in [-0.1, -0.05) is 13.8 Å². The lowest BCUT2D eigenvalue weighted by molar-refractivity contribution is 0.0594. The first-order valence-corrected chi connectivity index (χ1v) is 4.34. The summed E-state index contributed by atoms with van der Waals surface area (Å²) in [6, 6.07) is 1.85. The summed E-state index contributed by atoms with van der Waals surface area (Å²) in [6.07, 6.45) is 0. The van der Waals surface area contributed by atoms with E-state index in [9.17, 15) is 4.79 Å². The second kappa shape index (κ2) is 3.64. The maximum atomic E-state index is 11.1. The Hall–Kier alpha value is -1.25. The summed E-state index contributed by atoms with van der Waals surface area (Å²) < 4.78 is 4.61. The minimum Gasteiger partial charge on any atom is -0.464 e. The Labute approximate surface area is 78.1 Å². The van der Waals surface area contributed by atoms with E-state index in [0.717, 1.165) is 5.69 Å². The van der Waals surface area contributed by atoms with Gasteiger partial charge in [-0.3, -0.25) is 0 Å². The molecule has 0 aliphatic heterocycles. The lowest BCUT2D eigenvalue weighted by atomic mass is 10.0. The van der Waals surface area contributed by atoms with Gasteiger partial charge in [-0.15, -0.1) is 0 Å². The van der Waals surface area contributed by atoms with Gasteiger partial charge in [0, 0.05) is 5.69 Å². The maximum Gasteiger partial charge on any atom is 0.354 e. The van der Waals surface area contributed by atoms with Gasteiger partial charge in [-0.25, -0.2) is 4.79 Å². The van der Waals surface area contributed by atoms with Gasteiger partial charge in [-0.2, -0.15) is 0 Å². The molecule has 1 aromatic rings. The van der Waals surface area contributed by atoms with Gasteiger partial charge in [0.1, 0.15) is 5.69 Å². The van der Waals surface area contributed by atoms with E-state index in [2.05, 4.69) is 23.6 Å². The van der Waals surface area contributed by atoms with Gasteiger partial charge in [0.25, 0.3) is 0 Å². The van der Waals surface area contributed by atoms with Crippen molar-refractivity contribution < 1.29 is 9.53 Å². The van der Waals surface area contributed by atoms with Crippen LogP contribution in [0.5, 0.6) is 0 Å². The zero-order valence-electron chi connectivity index (χ0n) is 8.47. The third-order valence-electron chi connectivity index (χ3n) is 2.08. The molecule has 0 amide bonds. The van der Waals surface area contributed by atoms with Crippen LogP contribution in [0.1, 0.15) is 41.5 Å². The van der Waals surface area contributed by atoms with Crippen LogP contribution in [-0.4, -0.2) is 18.1 Å². The molecule has 0 radical (unpaired) electrons. The van der Waals surface area contributed by atoms with Crippen molar-refractivity contribution in [2.24, 2.45) is 0 Å². The number of ether oxygens (including phenoxy) is 1. The fourth-order valence-corrected chi connectivity index (χ4v) is 1.39. The first-order chi connectivity index (χ1) is 6.06. The van der Waals surface area contributed by atoms with Crippen LogP contribution in [0, 0.1) is 6.92 Å². The van der Waals surface area contributed by atoms with E-state index >= 15 is 0 Å². The lowest BCUT2D eigenvalue weighted by Crippen LogP contribution is -2.00. The molecule has 0 aromatic carbocycles. The molecule has 3 heteroatoms. The number of esters is 1. The Balaban J connectivity index is 3.02. The van der Waals surface area contributed by atoms with Crippen molar-refractivity contribution in [3.05, 3.63) is 23.0 Å². The zero-order chi connectivity index (χ0) is 10.0. The highest BCUT2D eigenvalue weighted by atomic mass is 16.5. The average molecular weight is 181 g/mol. The Morgan fingerprint density at radius 3 is 2.54 bits per heavy atom. The lowest BCUT2D eigenvalue weighted by Gasteiger charge is -2.01. The molecule has 0 aliphatic carbocycles. The van der Waals surface area contributed by atoms with E-state index in [-0.39, 0.29) is 5.97 Å². The predicted octanol–water partition coefficient (Wildman–Crippen LogP) is 2.23. The number of nitrogens with one attached hydrogen (secondary N) is 1. The van der Waals surface area contributed by atoms with E-state index in [4.69, 9.17) is 0 Å². The van der Waals surface area contributed by atoms with E-state index < -0.39 is 0 Å². The summed E-state index contributed by atoms with van der Waals surface area (Å²) in [5.41, 5.74) is 2.74. The predicted molar refractivity (Wildman–Crippen MR) is 51.0 cm³/mol. The van der Waals surface area contributed by atoms with Crippen LogP contribution >= 0.6 is 0 Å². The first kappa shape index (κ1) is 9.84. The molecular weight excluding hydrogens is 166 g/mol. The smallest absolute Gasteiger partial charge is 0.354 e. The standard InChI is InChI=1S/C10H15NO2/c1-6(2)8-5-9(10(12)13-4)11-7(8)3/h5-6,11H,1-4H3. The molecule has 13 heavy (non-hydrogen) atoms. The number of methoxy groups -OCH3 is 1. The topological polar surface area (TPSA) is 42.1 Å². The number of aromatic amines is 1. The molecular formula is C10H15NO2. The molecule has 0 fully saturated rings. The SMILES string of the molecule is COC(=O)c1cc(C(C)C)c(C)[nH]1. The highest BCUT2D eigenvalue weighted by Crippen LogP contribution is 2.20. The van der Waals surface area contributed by atoms with Crippen molar-refractivity contribution in [2.45, 2.75) is 26.7 Å². The van der Waals surface area contributed by atoms with Gasteiger partial charge in [0.2, 0.25) is 0 Å². The van der Waals surface area contributed by atoms with Gasteiger partial charge in [0.05, 0.1) is 7.11 Å². The van der Waals surface area contributed by atoms with Crippen LogP contribution in [0.3, 0.4) is 0 Å². The Bertz CT molecular complexity index is 313. The van der Waals surface area contributed by atoms with Crippen LogP contribution in [0.4, 0.5) is 0 Å². The molecule has 0 bridgehead atoms. The quantitative estimate of drug-likeness (QED) is 0.711. The second-order valence-electron chi connectivity index (χ2n) is 3.41. The number of aromatic nitrogens is 1. The third-order valence-corrected chi connectivity index (χ3v) is 2.08. The van der Waals surface area contributed by atoms with E-state index in [1.807, 2.05) is 13.0 Å². The van der Waals surface area contributed by atoms with Crippen LogP contribution in [-0.2, 0) is 4.74 Å². The molecule has 1 N–H and O–H groups in total. The summed E-state index contributed by atoms with van der Waals surface area (Å²) in [5, 5.41) is 0. The molecule has 3 nitrogen and oxygen atoms in total. The minimum atomic E-state index is -0.310. The molecule has 1 aromatic heterocycles. The van der Waals surface area contributed by atoms with E-state index in [1.165, 1.54) is 12.7 Å². The van der Waals surface area contributed by atoms with Crippen LogP contribution in [0.2, 0.25) is 0 Å². The normalized spacial score (nSPS) is 10.5. The second-order valence-corrected chi connectivity index (χ2v) is 3.41. The van der Waals surface area contributed by atoms with E-state index in [1.54, 1.807) is 0 Å². The minimum absolute atomic E-state index is 0.310. The average Bonchev–Trinajstić information content (AvgIpc) is 2.46. The fraction of sp³-hybridized carbons (Fsp3) is 0.500. The van der Waals surface area contributed by atoms with Crippen molar-refractivity contribution in [1.82, 2.24) is 4.98 Å². The van der Waals surface area contributed by atoms with Gasteiger partial charge >= 0.3 is 5.97 Å². The molecule has 1 rings (SSSR count).